The molecule has 1 aromatic heterocycles. The molecular formula is C14H17BrN2S. The largest absolute Gasteiger partial charge is 0.271 e. The summed E-state index contributed by atoms with van der Waals surface area (Å²) in [5.74, 6) is 5.72. The third kappa shape index (κ3) is 3.01. The summed E-state index contributed by atoms with van der Waals surface area (Å²) in [5.41, 5.74) is 6.76. The minimum absolute atomic E-state index is 0.153. The fourth-order valence-electron chi connectivity index (χ4n) is 2.13. The number of nitrogens with two attached hydrogens (primary N) is 1. The number of rotatable bonds is 4. The summed E-state index contributed by atoms with van der Waals surface area (Å²) in [5, 5.41) is 2.09. The number of hydrogen-bond acceptors (Lipinski definition) is 3. The predicted octanol–water partition coefficient (Wildman–Crippen LogP) is 3.87. The molecular weight excluding hydrogens is 308 g/mol. The van der Waals surface area contributed by atoms with Crippen molar-refractivity contribution in [3.05, 3.63) is 55.7 Å². The lowest BCUT2D eigenvalue weighted by atomic mass is 9.97. The van der Waals surface area contributed by atoms with Gasteiger partial charge in [-0.1, -0.05) is 23.8 Å². The van der Waals surface area contributed by atoms with Crippen molar-refractivity contribution in [2.75, 3.05) is 0 Å². The molecule has 0 spiro atoms. The van der Waals surface area contributed by atoms with Crippen LogP contribution >= 0.6 is 27.3 Å². The third-order valence-corrected chi connectivity index (χ3v) is 5.03. The van der Waals surface area contributed by atoms with E-state index in [9.17, 15) is 0 Å². The van der Waals surface area contributed by atoms with Crippen LogP contribution in [-0.4, -0.2) is 0 Å². The zero-order chi connectivity index (χ0) is 13.1. The van der Waals surface area contributed by atoms with E-state index in [1.165, 1.54) is 21.6 Å². The number of nitrogens with one attached hydrogen (secondary N) is 1. The molecule has 0 saturated heterocycles. The van der Waals surface area contributed by atoms with E-state index in [0.29, 0.717) is 0 Å². The smallest absolute Gasteiger partial charge is 0.0511 e. The van der Waals surface area contributed by atoms with E-state index in [4.69, 9.17) is 5.84 Å². The first-order valence-corrected chi connectivity index (χ1v) is 7.54. The number of halogens is 1. The molecule has 0 aliphatic rings. The highest BCUT2D eigenvalue weighted by Gasteiger charge is 2.15. The van der Waals surface area contributed by atoms with E-state index in [1.54, 1.807) is 11.3 Å². The molecule has 1 heterocycles. The lowest BCUT2D eigenvalue weighted by Crippen LogP contribution is -2.30. The maximum absolute atomic E-state index is 5.72. The van der Waals surface area contributed by atoms with Crippen LogP contribution in [-0.2, 0) is 6.42 Å². The molecule has 1 atom stereocenters. The molecule has 2 rings (SSSR count). The summed E-state index contributed by atoms with van der Waals surface area (Å²) in [6.45, 7) is 4.24. The van der Waals surface area contributed by atoms with Crippen molar-refractivity contribution < 1.29 is 0 Å². The third-order valence-electron chi connectivity index (χ3n) is 3.08. The zero-order valence-electron chi connectivity index (χ0n) is 10.5. The SMILES string of the molecule is Cc1ccc(C(Cc2sccc2Br)NN)c(C)c1. The van der Waals surface area contributed by atoms with E-state index in [1.807, 2.05) is 0 Å². The van der Waals surface area contributed by atoms with Crippen molar-refractivity contribution in [2.24, 2.45) is 5.84 Å². The van der Waals surface area contributed by atoms with Gasteiger partial charge >= 0.3 is 0 Å². The van der Waals surface area contributed by atoms with Gasteiger partial charge in [0.15, 0.2) is 0 Å². The molecule has 2 aromatic rings. The first-order chi connectivity index (χ1) is 8.61. The van der Waals surface area contributed by atoms with Crippen molar-refractivity contribution in [2.45, 2.75) is 26.3 Å². The Bertz CT molecular complexity index is 536. The van der Waals surface area contributed by atoms with Crippen molar-refractivity contribution in [1.82, 2.24) is 5.43 Å². The molecule has 0 aliphatic heterocycles. The number of thiophene rings is 1. The highest BCUT2D eigenvalue weighted by Crippen LogP contribution is 2.29. The second-order valence-corrected chi connectivity index (χ2v) is 6.33. The maximum Gasteiger partial charge on any atom is 0.0511 e. The quantitative estimate of drug-likeness (QED) is 0.661. The summed E-state index contributed by atoms with van der Waals surface area (Å²) in [6.07, 6.45) is 0.901. The molecule has 0 saturated carbocycles. The molecule has 1 aromatic carbocycles. The molecule has 96 valence electrons. The van der Waals surface area contributed by atoms with Gasteiger partial charge in [0, 0.05) is 15.8 Å². The molecule has 18 heavy (non-hydrogen) atoms. The predicted molar refractivity (Wildman–Crippen MR) is 81.7 cm³/mol. The van der Waals surface area contributed by atoms with Gasteiger partial charge in [-0.15, -0.1) is 11.3 Å². The number of hydrogen-bond donors (Lipinski definition) is 2. The average molecular weight is 325 g/mol. The molecule has 2 nitrogen and oxygen atoms in total. The molecule has 0 radical (unpaired) electrons. The Morgan fingerprint density at radius 2 is 2.11 bits per heavy atom. The highest BCUT2D eigenvalue weighted by molar-refractivity contribution is 9.10. The van der Waals surface area contributed by atoms with E-state index >= 15 is 0 Å². The van der Waals surface area contributed by atoms with Gasteiger partial charge in [-0.2, -0.15) is 0 Å². The standard InChI is InChI=1S/C14H17BrN2S/c1-9-3-4-11(10(2)7-9)13(17-16)8-14-12(15)5-6-18-14/h3-7,13,17H,8,16H2,1-2H3. The van der Waals surface area contributed by atoms with Crippen molar-refractivity contribution in [3.63, 3.8) is 0 Å². The van der Waals surface area contributed by atoms with Gasteiger partial charge in [0.1, 0.15) is 0 Å². The summed E-state index contributed by atoms with van der Waals surface area (Å²) in [6, 6.07) is 8.73. The molecule has 0 bridgehead atoms. The van der Waals surface area contributed by atoms with Crippen LogP contribution in [0.25, 0.3) is 0 Å². The number of hydrazine groups is 1. The lowest BCUT2D eigenvalue weighted by molar-refractivity contribution is 0.552. The van der Waals surface area contributed by atoms with Crippen molar-refractivity contribution in [1.29, 1.82) is 0 Å². The summed E-state index contributed by atoms with van der Waals surface area (Å²) < 4.78 is 1.16. The number of benzene rings is 1. The van der Waals surface area contributed by atoms with E-state index < -0.39 is 0 Å². The first-order valence-electron chi connectivity index (χ1n) is 5.87. The van der Waals surface area contributed by atoms with Crippen LogP contribution in [0.15, 0.2) is 34.1 Å². The van der Waals surface area contributed by atoms with Crippen LogP contribution in [0.2, 0.25) is 0 Å². The monoisotopic (exact) mass is 324 g/mol. The van der Waals surface area contributed by atoms with E-state index in [-0.39, 0.29) is 6.04 Å². The van der Waals surface area contributed by atoms with Crippen molar-refractivity contribution >= 4 is 27.3 Å². The maximum atomic E-state index is 5.72. The molecule has 0 amide bonds. The van der Waals surface area contributed by atoms with Crippen LogP contribution in [0.1, 0.15) is 27.6 Å². The Morgan fingerprint density at radius 1 is 1.33 bits per heavy atom. The Balaban J connectivity index is 2.26. The van der Waals surface area contributed by atoms with Crippen LogP contribution in [0.5, 0.6) is 0 Å². The average Bonchev–Trinajstić information content (AvgIpc) is 2.73. The Labute approximate surface area is 120 Å². The number of aryl methyl sites for hydroxylation is 2. The van der Waals surface area contributed by atoms with Gasteiger partial charge in [0.05, 0.1) is 6.04 Å². The fourth-order valence-corrected chi connectivity index (χ4v) is 3.69. The summed E-state index contributed by atoms with van der Waals surface area (Å²) >= 11 is 5.32. The molecule has 0 aliphatic carbocycles. The fraction of sp³-hybridized carbons (Fsp3) is 0.286. The Hall–Kier alpha value is -0.680. The van der Waals surface area contributed by atoms with Crippen molar-refractivity contribution in [3.8, 4) is 0 Å². The van der Waals surface area contributed by atoms with Crippen LogP contribution in [0.3, 0.4) is 0 Å². The van der Waals surface area contributed by atoms with Gasteiger partial charge in [0.25, 0.3) is 0 Å². The van der Waals surface area contributed by atoms with Gasteiger partial charge in [0.2, 0.25) is 0 Å². The minimum atomic E-state index is 0.153. The molecule has 3 N–H and O–H groups in total. The normalized spacial score (nSPS) is 12.7. The topological polar surface area (TPSA) is 38.0 Å². The van der Waals surface area contributed by atoms with Gasteiger partial charge in [-0.05, 0) is 52.4 Å². The summed E-state index contributed by atoms with van der Waals surface area (Å²) in [7, 11) is 0. The van der Waals surface area contributed by atoms with E-state index in [0.717, 1.165) is 10.9 Å². The van der Waals surface area contributed by atoms with Gasteiger partial charge in [-0.3, -0.25) is 11.3 Å². The molecule has 4 heteroatoms. The molecule has 1 unspecified atom stereocenters. The van der Waals surface area contributed by atoms with Gasteiger partial charge in [-0.25, -0.2) is 0 Å². The van der Waals surface area contributed by atoms with Crippen LogP contribution in [0, 0.1) is 13.8 Å². The molecule has 0 fully saturated rings. The van der Waals surface area contributed by atoms with Crippen LogP contribution in [0.4, 0.5) is 0 Å². The highest BCUT2D eigenvalue weighted by atomic mass is 79.9. The first kappa shape index (κ1) is 13.7. The second kappa shape index (κ2) is 5.97. The Kier molecular flexibility index (Phi) is 4.56. The zero-order valence-corrected chi connectivity index (χ0v) is 12.9. The van der Waals surface area contributed by atoms with Gasteiger partial charge < -0.3 is 0 Å². The summed E-state index contributed by atoms with van der Waals surface area (Å²) in [4.78, 5) is 1.32. The second-order valence-electron chi connectivity index (χ2n) is 4.48. The van der Waals surface area contributed by atoms with Crippen LogP contribution < -0.4 is 11.3 Å². The lowest BCUT2D eigenvalue weighted by Gasteiger charge is -2.18. The minimum Gasteiger partial charge on any atom is -0.271 e. The van der Waals surface area contributed by atoms with E-state index in [2.05, 4.69) is 64.8 Å². The Morgan fingerprint density at radius 3 is 2.67 bits per heavy atom.